The van der Waals surface area contributed by atoms with Gasteiger partial charge in [0.05, 0.1) is 17.7 Å². The average molecular weight is 324 g/mol. The van der Waals surface area contributed by atoms with Crippen LogP contribution in [0.1, 0.15) is 27.9 Å². The maximum atomic E-state index is 12.1. The molecule has 0 saturated carbocycles. The normalized spacial score (nSPS) is 10.3. The molecule has 0 fully saturated rings. The van der Waals surface area contributed by atoms with E-state index in [2.05, 4.69) is 10.3 Å². The molecule has 2 aromatic rings. The Hall–Kier alpha value is -2.75. The lowest BCUT2D eigenvalue weighted by Crippen LogP contribution is -2.15. The number of aromatic nitrogens is 2. The van der Waals surface area contributed by atoms with Crippen LogP contribution in [-0.4, -0.2) is 33.0 Å². The van der Waals surface area contributed by atoms with Crippen molar-refractivity contribution in [2.45, 2.75) is 6.92 Å². The summed E-state index contributed by atoms with van der Waals surface area (Å²) >= 11 is 1.06. The van der Waals surface area contributed by atoms with Crippen LogP contribution in [0.4, 0.5) is 10.8 Å². The van der Waals surface area contributed by atoms with Crippen LogP contribution in [0.25, 0.3) is 0 Å². The van der Waals surface area contributed by atoms with E-state index < -0.39 is 16.8 Å². The number of hydrogen-bond acceptors (Lipinski definition) is 7. The molecular weight excluding hydrogens is 312 g/mol. The Kier molecular flexibility index (Phi) is 4.51. The molecule has 0 unspecified atom stereocenters. The molecule has 0 bridgehead atoms. The van der Waals surface area contributed by atoms with E-state index in [4.69, 9.17) is 4.74 Å². The van der Waals surface area contributed by atoms with E-state index in [1.807, 2.05) is 0 Å². The Morgan fingerprint density at radius 2 is 2.27 bits per heavy atom. The Bertz CT molecular complexity index is 736. The van der Waals surface area contributed by atoms with Crippen molar-refractivity contribution in [1.82, 2.24) is 9.55 Å². The molecule has 0 aliphatic carbocycles. The number of amides is 1. The van der Waals surface area contributed by atoms with Crippen molar-refractivity contribution in [3.63, 3.8) is 0 Å². The highest BCUT2D eigenvalue weighted by molar-refractivity contribution is 7.14. The lowest BCUT2D eigenvalue weighted by atomic mass is 10.4. The Morgan fingerprint density at radius 3 is 2.86 bits per heavy atom. The van der Waals surface area contributed by atoms with Gasteiger partial charge in [0.25, 0.3) is 11.6 Å². The topological polar surface area (TPSA) is 116 Å². The molecule has 116 valence electrons. The van der Waals surface area contributed by atoms with Gasteiger partial charge in [0.2, 0.25) is 0 Å². The molecule has 2 heterocycles. The number of hydrogen-bond donors (Lipinski definition) is 1. The lowest BCUT2D eigenvalue weighted by molar-refractivity contribution is -0.384. The Balaban J connectivity index is 2.12. The number of rotatable bonds is 5. The van der Waals surface area contributed by atoms with Crippen LogP contribution in [0.3, 0.4) is 0 Å². The predicted octanol–water partition coefficient (Wildman–Crippen LogP) is 1.82. The van der Waals surface area contributed by atoms with E-state index in [1.165, 1.54) is 23.2 Å². The molecule has 1 N–H and O–H groups in total. The fraction of sp³-hybridized carbons (Fsp3) is 0.250. The second-order valence-electron chi connectivity index (χ2n) is 4.16. The zero-order valence-corrected chi connectivity index (χ0v) is 12.5. The maximum Gasteiger partial charge on any atom is 0.357 e. The summed E-state index contributed by atoms with van der Waals surface area (Å²) in [5, 5.41) is 14.8. The molecule has 0 aliphatic rings. The van der Waals surface area contributed by atoms with E-state index in [0.717, 1.165) is 17.4 Å². The highest BCUT2D eigenvalue weighted by Gasteiger charge is 2.19. The predicted molar refractivity (Wildman–Crippen MR) is 78.1 cm³/mol. The first-order valence-corrected chi connectivity index (χ1v) is 7.05. The van der Waals surface area contributed by atoms with Gasteiger partial charge in [0, 0.05) is 18.5 Å². The monoisotopic (exact) mass is 324 g/mol. The van der Waals surface area contributed by atoms with Gasteiger partial charge in [-0.3, -0.25) is 20.2 Å². The smallest absolute Gasteiger partial charge is 0.357 e. The minimum Gasteiger partial charge on any atom is -0.461 e. The molecule has 2 rings (SSSR count). The fourth-order valence-electron chi connectivity index (χ4n) is 1.66. The Morgan fingerprint density at radius 1 is 1.55 bits per heavy atom. The number of anilines is 1. The largest absolute Gasteiger partial charge is 0.461 e. The standard InChI is InChI=1S/C12H12N4O5S/c1-3-21-11(18)8-6-22-12(13-8)14-10(17)9-4-7(16(19)20)5-15(9)2/h4-6H,3H2,1-2H3,(H,13,14,17). The third-order valence-corrected chi connectivity index (χ3v) is 3.40. The number of esters is 1. The lowest BCUT2D eigenvalue weighted by Gasteiger charge is -2.01. The van der Waals surface area contributed by atoms with Crippen molar-refractivity contribution >= 4 is 34.0 Å². The van der Waals surface area contributed by atoms with Gasteiger partial charge in [-0.15, -0.1) is 11.3 Å². The highest BCUT2D eigenvalue weighted by Crippen LogP contribution is 2.19. The molecule has 9 nitrogen and oxygen atoms in total. The van der Waals surface area contributed by atoms with Crippen molar-refractivity contribution in [2.75, 3.05) is 11.9 Å². The van der Waals surface area contributed by atoms with Crippen molar-refractivity contribution in [2.24, 2.45) is 7.05 Å². The number of thiazole rings is 1. The van der Waals surface area contributed by atoms with Gasteiger partial charge >= 0.3 is 5.97 Å². The van der Waals surface area contributed by atoms with Crippen LogP contribution in [0.15, 0.2) is 17.6 Å². The van der Waals surface area contributed by atoms with Crippen LogP contribution in [0.5, 0.6) is 0 Å². The maximum absolute atomic E-state index is 12.1. The van der Waals surface area contributed by atoms with Gasteiger partial charge < -0.3 is 9.30 Å². The molecule has 0 radical (unpaired) electrons. The number of nitrogens with zero attached hydrogens (tertiary/aromatic N) is 3. The summed E-state index contributed by atoms with van der Waals surface area (Å²) in [4.78, 5) is 37.6. The number of ether oxygens (including phenoxy) is 1. The van der Waals surface area contributed by atoms with Crippen LogP contribution in [-0.2, 0) is 11.8 Å². The van der Waals surface area contributed by atoms with Crippen molar-refractivity contribution in [3.8, 4) is 0 Å². The minimum atomic E-state index is -0.584. The molecule has 0 atom stereocenters. The highest BCUT2D eigenvalue weighted by atomic mass is 32.1. The van der Waals surface area contributed by atoms with Crippen LogP contribution in [0, 0.1) is 10.1 Å². The van der Waals surface area contributed by atoms with E-state index in [-0.39, 0.29) is 28.8 Å². The summed E-state index contributed by atoms with van der Waals surface area (Å²) in [5.74, 6) is -1.13. The van der Waals surface area contributed by atoms with Crippen LogP contribution < -0.4 is 5.32 Å². The Labute approximate surface area is 128 Å². The van der Waals surface area contributed by atoms with Gasteiger partial charge in [-0.05, 0) is 6.92 Å². The van der Waals surface area contributed by atoms with E-state index in [9.17, 15) is 19.7 Å². The summed E-state index contributed by atoms with van der Waals surface area (Å²) < 4.78 is 6.13. The second kappa shape index (κ2) is 6.35. The van der Waals surface area contributed by atoms with E-state index in [1.54, 1.807) is 6.92 Å². The summed E-state index contributed by atoms with van der Waals surface area (Å²) in [5.41, 5.74) is 0.0265. The number of nitro groups is 1. The molecule has 0 spiro atoms. The van der Waals surface area contributed by atoms with Crippen molar-refractivity contribution < 1.29 is 19.2 Å². The van der Waals surface area contributed by atoms with Gasteiger partial charge in [0.1, 0.15) is 5.69 Å². The first-order chi connectivity index (χ1) is 10.4. The van der Waals surface area contributed by atoms with E-state index >= 15 is 0 Å². The molecule has 0 aliphatic heterocycles. The molecular formula is C12H12N4O5S. The SMILES string of the molecule is CCOC(=O)c1csc(NC(=O)c2cc([N+](=O)[O-])cn2C)n1. The third-order valence-electron chi connectivity index (χ3n) is 2.64. The fourth-order valence-corrected chi connectivity index (χ4v) is 2.34. The van der Waals surface area contributed by atoms with Gasteiger partial charge in [0.15, 0.2) is 10.8 Å². The summed E-state index contributed by atoms with van der Waals surface area (Å²) in [6, 6.07) is 1.16. The molecule has 2 aromatic heterocycles. The van der Waals surface area contributed by atoms with E-state index in [0.29, 0.717) is 0 Å². The summed E-state index contributed by atoms with van der Waals surface area (Å²) in [6.07, 6.45) is 1.24. The average Bonchev–Trinajstić information content (AvgIpc) is 3.05. The number of carbonyl (C=O) groups is 2. The van der Waals surface area contributed by atoms with Crippen molar-refractivity contribution in [3.05, 3.63) is 39.1 Å². The second-order valence-corrected chi connectivity index (χ2v) is 5.02. The number of carbonyl (C=O) groups excluding carboxylic acids is 2. The zero-order chi connectivity index (χ0) is 16.3. The minimum absolute atomic E-state index is 0.0972. The number of aryl methyl sites for hydroxylation is 1. The quantitative estimate of drug-likeness (QED) is 0.509. The summed E-state index contributed by atoms with van der Waals surface area (Å²) in [7, 11) is 1.52. The number of nitrogens with one attached hydrogen (secondary N) is 1. The molecule has 10 heteroatoms. The van der Waals surface area contributed by atoms with Crippen LogP contribution in [0.2, 0.25) is 0 Å². The first-order valence-electron chi connectivity index (χ1n) is 6.17. The third kappa shape index (κ3) is 3.28. The van der Waals surface area contributed by atoms with Gasteiger partial charge in [-0.2, -0.15) is 0 Å². The summed E-state index contributed by atoms with van der Waals surface area (Å²) in [6.45, 7) is 1.90. The van der Waals surface area contributed by atoms with Crippen LogP contribution >= 0.6 is 11.3 Å². The van der Waals surface area contributed by atoms with Gasteiger partial charge in [-0.25, -0.2) is 9.78 Å². The van der Waals surface area contributed by atoms with Gasteiger partial charge in [-0.1, -0.05) is 0 Å². The molecule has 0 saturated heterocycles. The molecule has 1 amide bonds. The molecule has 0 aromatic carbocycles. The zero-order valence-electron chi connectivity index (χ0n) is 11.7. The first kappa shape index (κ1) is 15.6. The van der Waals surface area contributed by atoms with Crippen molar-refractivity contribution in [1.29, 1.82) is 0 Å². The molecule has 22 heavy (non-hydrogen) atoms.